The molecule has 0 bridgehead atoms. The lowest BCUT2D eigenvalue weighted by molar-refractivity contribution is -0.122. The van der Waals surface area contributed by atoms with Crippen LogP contribution in [0.5, 0.6) is 0 Å². The zero-order valence-corrected chi connectivity index (χ0v) is 17.6. The first kappa shape index (κ1) is 21.8. The molecule has 26 heavy (non-hydrogen) atoms. The van der Waals surface area contributed by atoms with E-state index in [0.717, 1.165) is 24.7 Å². The molecule has 2 rings (SSSR count). The Labute approximate surface area is 163 Å². The molecule has 2 fully saturated rings. The molecule has 0 spiro atoms. The Bertz CT molecular complexity index is 353. The van der Waals surface area contributed by atoms with E-state index in [9.17, 15) is 4.79 Å². The van der Waals surface area contributed by atoms with Crippen molar-refractivity contribution in [3.05, 3.63) is 0 Å². The SMILES string of the molecule is CCCCCCCCCCC(=O)NC1CCC(CC2CCCCC2)CC1. The summed E-state index contributed by atoms with van der Waals surface area (Å²) in [5.74, 6) is 2.27. The van der Waals surface area contributed by atoms with Crippen LogP contribution in [0.2, 0.25) is 0 Å². The minimum Gasteiger partial charge on any atom is -0.353 e. The van der Waals surface area contributed by atoms with Crippen LogP contribution in [0.3, 0.4) is 0 Å². The number of unbranched alkanes of at least 4 members (excludes halogenated alkanes) is 7. The van der Waals surface area contributed by atoms with Gasteiger partial charge in [0.25, 0.3) is 0 Å². The van der Waals surface area contributed by atoms with Gasteiger partial charge in [-0.05, 0) is 50.4 Å². The largest absolute Gasteiger partial charge is 0.353 e. The van der Waals surface area contributed by atoms with Crippen molar-refractivity contribution in [3.63, 3.8) is 0 Å². The van der Waals surface area contributed by atoms with Gasteiger partial charge in [-0.25, -0.2) is 0 Å². The number of hydrogen-bond donors (Lipinski definition) is 1. The van der Waals surface area contributed by atoms with Gasteiger partial charge in [-0.15, -0.1) is 0 Å². The summed E-state index contributed by atoms with van der Waals surface area (Å²) in [7, 11) is 0. The van der Waals surface area contributed by atoms with Crippen molar-refractivity contribution in [1.29, 1.82) is 0 Å². The molecule has 0 aliphatic heterocycles. The predicted molar refractivity (Wildman–Crippen MR) is 112 cm³/mol. The van der Waals surface area contributed by atoms with Crippen LogP contribution < -0.4 is 5.32 Å². The Hall–Kier alpha value is -0.530. The Kier molecular flexibility index (Phi) is 11.4. The standard InChI is InChI=1S/C24H45NO/c1-2-3-4-5-6-7-8-12-15-24(26)25-23-18-16-22(17-19-23)20-21-13-10-9-11-14-21/h21-23H,2-20H2,1H3,(H,25,26). The zero-order valence-electron chi connectivity index (χ0n) is 17.6. The monoisotopic (exact) mass is 363 g/mol. The van der Waals surface area contributed by atoms with Gasteiger partial charge in [-0.2, -0.15) is 0 Å². The van der Waals surface area contributed by atoms with E-state index in [1.54, 1.807) is 0 Å². The van der Waals surface area contributed by atoms with Crippen LogP contribution in [0, 0.1) is 11.8 Å². The number of hydrogen-bond acceptors (Lipinski definition) is 1. The molecule has 0 aromatic carbocycles. The quantitative estimate of drug-likeness (QED) is 0.366. The summed E-state index contributed by atoms with van der Waals surface area (Å²) in [5, 5.41) is 3.32. The van der Waals surface area contributed by atoms with Crippen molar-refractivity contribution < 1.29 is 4.79 Å². The molecule has 0 atom stereocenters. The second-order valence-corrected chi connectivity index (χ2v) is 9.25. The Balaban J connectivity index is 1.45. The predicted octanol–water partition coefficient (Wildman–Crippen LogP) is 7.16. The average molecular weight is 364 g/mol. The van der Waals surface area contributed by atoms with Gasteiger partial charge in [-0.1, -0.05) is 84.0 Å². The Morgan fingerprint density at radius 3 is 1.96 bits per heavy atom. The Morgan fingerprint density at radius 1 is 0.731 bits per heavy atom. The topological polar surface area (TPSA) is 29.1 Å². The smallest absolute Gasteiger partial charge is 0.220 e. The molecule has 2 aliphatic carbocycles. The highest BCUT2D eigenvalue weighted by Crippen LogP contribution is 2.35. The fourth-order valence-corrected chi connectivity index (χ4v) is 5.16. The van der Waals surface area contributed by atoms with E-state index < -0.39 is 0 Å². The molecule has 0 unspecified atom stereocenters. The molecular weight excluding hydrogens is 318 g/mol. The third kappa shape index (κ3) is 9.42. The molecule has 1 N–H and O–H groups in total. The van der Waals surface area contributed by atoms with Gasteiger partial charge in [0.1, 0.15) is 0 Å². The maximum absolute atomic E-state index is 12.2. The van der Waals surface area contributed by atoms with Crippen molar-refractivity contribution in [3.8, 4) is 0 Å². The number of nitrogens with one attached hydrogen (secondary N) is 1. The third-order valence-corrected chi connectivity index (χ3v) is 6.86. The van der Waals surface area contributed by atoms with E-state index in [-0.39, 0.29) is 0 Å². The number of carbonyl (C=O) groups is 1. The van der Waals surface area contributed by atoms with E-state index in [1.807, 2.05) is 0 Å². The van der Waals surface area contributed by atoms with Crippen molar-refractivity contribution in [2.45, 2.75) is 135 Å². The highest BCUT2D eigenvalue weighted by Gasteiger charge is 2.25. The minimum absolute atomic E-state index is 0.312. The maximum atomic E-state index is 12.2. The molecule has 0 radical (unpaired) electrons. The summed E-state index contributed by atoms with van der Waals surface area (Å²) in [4.78, 5) is 12.2. The van der Waals surface area contributed by atoms with Gasteiger partial charge in [-0.3, -0.25) is 4.79 Å². The number of amides is 1. The van der Waals surface area contributed by atoms with Crippen LogP contribution in [-0.4, -0.2) is 11.9 Å². The van der Waals surface area contributed by atoms with Crippen molar-refractivity contribution >= 4 is 5.91 Å². The molecule has 2 saturated carbocycles. The summed E-state index contributed by atoms with van der Waals surface area (Å²) in [6.45, 7) is 2.27. The zero-order chi connectivity index (χ0) is 18.5. The van der Waals surface area contributed by atoms with Crippen LogP contribution in [0.25, 0.3) is 0 Å². The van der Waals surface area contributed by atoms with Crippen molar-refractivity contribution in [2.24, 2.45) is 11.8 Å². The molecular formula is C24H45NO. The van der Waals surface area contributed by atoms with Gasteiger partial charge in [0.2, 0.25) is 5.91 Å². The molecule has 0 heterocycles. The third-order valence-electron chi connectivity index (χ3n) is 6.86. The van der Waals surface area contributed by atoms with E-state index in [0.29, 0.717) is 11.9 Å². The summed E-state index contributed by atoms with van der Waals surface area (Å²) < 4.78 is 0. The molecule has 0 aromatic rings. The van der Waals surface area contributed by atoms with Crippen LogP contribution in [0.4, 0.5) is 0 Å². The summed E-state index contributed by atoms with van der Waals surface area (Å²) in [6.07, 6.45) is 25.2. The first-order valence-corrected chi connectivity index (χ1v) is 12.1. The van der Waals surface area contributed by atoms with Gasteiger partial charge in [0, 0.05) is 12.5 Å². The molecule has 2 aliphatic rings. The second-order valence-electron chi connectivity index (χ2n) is 9.25. The van der Waals surface area contributed by atoms with E-state index in [4.69, 9.17) is 0 Å². The number of rotatable bonds is 12. The molecule has 0 saturated heterocycles. The summed E-state index contributed by atoms with van der Waals surface area (Å²) >= 11 is 0. The van der Waals surface area contributed by atoms with E-state index >= 15 is 0 Å². The molecule has 2 heteroatoms. The van der Waals surface area contributed by atoms with Crippen LogP contribution in [-0.2, 0) is 4.79 Å². The van der Waals surface area contributed by atoms with Crippen LogP contribution in [0.1, 0.15) is 129 Å². The number of carbonyl (C=O) groups excluding carboxylic acids is 1. The lowest BCUT2D eigenvalue weighted by atomic mass is 9.76. The van der Waals surface area contributed by atoms with Gasteiger partial charge in [0.05, 0.1) is 0 Å². The van der Waals surface area contributed by atoms with Crippen molar-refractivity contribution in [1.82, 2.24) is 5.32 Å². The fourth-order valence-electron chi connectivity index (χ4n) is 5.16. The first-order valence-electron chi connectivity index (χ1n) is 12.1. The van der Waals surface area contributed by atoms with Crippen LogP contribution >= 0.6 is 0 Å². The molecule has 2 nitrogen and oxygen atoms in total. The van der Waals surface area contributed by atoms with Gasteiger partial charge < -0.3 is 5.32 Å². The Morgan fingerprint density at radius 2 is 1.31 bits per heavy atom. The highest BCUT2D eigenvalue weighted by molar-refractivity contribution is 5.76. The van der Waals surface area contributed by atoms with Gasteiger partial charge in [0.15, 0.2) is 0 Å². The summed E-state index contributed by atoms with van der Waals surface area (Å²) in [5.41, 5.74) is 0. The fraction of sp³-hybridized carbons (Fsp3) is 0.958. The first-order chi connectivity index (χ1) is 12.8. The molecule has 1 amide bonds. The van der Waals surface area contributed by atoms with E-state index in [1.165, 1.54) is 109 Å². The lowest BCUT2D eigenvalue weighted by Gasteiger charge is -2.32. The highest BCUT2D eigenvalue weighted by atomic mass is 16.1. The average Bonchev–Trinajstić information content (AvgIpc) is 2.66. The normalized spacial score (nSPS) is 24.5. The van der Waals surface area contributed by atoms with Gasteiger partial charge >= 0.3 is 0 Å². The maximum Gasteiger partial charge on any atom is 0.220 e. The van der Waals surface area contributed by atoms with E-state index in [2.05, 4.69) is 12.2 Å². The van der Waals surface area contributed by atoms with Crippen LogP contribution in [0.15, 0.2) is 0 Å². The second kappa shape index (κ2) is 13.6. The molecule has 0 aromatic heterocycles. The molecule has 152 valence electrons. The lowest BCUT2D eigenvalue weighted by Crippen LogP contribution is -2.37. The van der Waals surface area contributed by atoms with Crippen molar-refractivity contribution in [2.75, 3.05) is 0 Å². The minimum atomic E-state index is 0.312. The summed E-state index contributed by atoms with van der Waals surface area (Å²) in [6, 6.07) is 0.471.